The molecule has 1 N–H and O–H groups in total. The lowest BCUT2D eigenvalue weighted by Crippen LogP contribution is -2.57. The van der Waals surface area contributed by atoms with Crippen LogP contribution in [-0.2, 0) is 0 Å². The minimum absolute atomic E-state index is 0.732. The fourth-order valence-electron chi connectivity index (χ4n) is 3.09. The number of thioether (sulfide) groups is 1. The number of nitrogens with zero attached hydrogens (tertiary/aromatic N) is 1. The highest BCUT2D eigenvalue weighted by atomic mass is 32.2. The van der Waals surface area contributed by atoms with Gasteiger partial charge in [-0.25, -0.2) is 0 Å². The van der Waals surface area contributed by atoms with Gasteiger partial charge in [-0.2, -0.15) is 11.8 Å². The first-order valence-corrected chi connectivity index (χ1v) is 8.54. The lowest BCUT2D eigenvalue weighted by atomic mass is 9.98. The second-order valence-corrected chi connectivity index (χ2v) is 6.81. The van der Waals surface area contributed by atoms with Gasteiger partial charge >= 0.3 is 0 Å². The van der Waals surface area contributed by atoms with Crippen molar-refractivity contribution in [3.05, 3.63) is 0 Å². The molecule has 2 rings (SSSR count). The highest BCUT2D eigenvalue weighted by Gasteiger charge is 2.28. The van der Waals surface area contributed by atoms with E-state index < -0.39 is 0 Å². The van der Waals surface area contributed by atoms with Crippen LogP contribution in [0, 0.1) is 5.92 Å². The quantitative estimate of drug-likeness (QED) is 0.832. The molecule has 0 spiro atoms. The highest BCUT2D eigenvalue weighted by molar-refractivity contribution is 7.99. The van der Waals surface area contributed by atoms with Crippen LogP contribution in [0.15, 0.2) is 0 Å². The van der Waals surface area contributed by atoms with Gasteiger partial charge in [0.15, 0.2) is 0 Å². The molecule has 2 unspecified atom stereocenters. The summed E-state index contributed by atoms with van der Waals surface area (Å²) in [5.41, 5.74) is 0. The van der Waals surface area contributed by atoms with E-state index in [-0.39, 0.29) is 0 Å². The van der Waals surface area contributed by atoms with Gasteiger partial charge < -0.3 is 5.32 Å². The van der Waals surface area contributed by atoms with Gasteiger partial charge in [0.05, 0.1) is 0 Å². The molecule has 0 aliphatic carbocycles. The second kappa shape index (κ2) is 7.01. The molecule has 17 heavy (non-hydrogen) atoms. The van der Waals surface area contributed by atoms with Crippen molar-refractivity contribution in [2.45, 2.75) is 51.6 Å². The zero-order valence-electron chi connectivity index (χ0n) is 11.5. The van der Waals surface area contributed by atoms with Crippen LogP contribution >= 0.6 is 11.8 Å². The molecule has 2 aliphatic heterocycles. The van der Waals surface area contributed by atoms with Gasteiger partial charge in [-0.15, -0.1) is 0 Å². The molecular weight excluding hydrogens is 228 g/mol. The number of nitrogens with one attached hydrogen (secondary N) is 1. The molecule has 0 radical (unpaired) electrons. The normalized spacial score (nSPS) is 32.8. The third kappa shape index (κ3) is 3.87. The molecule has 2 heterocycles. The van der Waals surface area contributed by atoms with Gasteiger partial charge in [-0.05, 0) is 43.1 Å². The van der Waals surface area contributed by atoms with Crippen LogP contribution in [0.1, 0.15) is 39.5 Å². The standard InChI is InChI=1S/C14H28N2S/c1-3-13-11-16(14(4-2)9-15-13)10-12-5-7-17-8-6-12/h12-15H,3-11H2,1-2H3. The third-order valence-corrected chi connectivity index (χ3v) is 5.46. The number of hydrogen-bond acceptors (Lipinski definition) is 3. The highest BCUT2D eigenvalue weighted by Crippen LogP contribution is 2.25. The Labute approximate surface area is 111 Å². The predicted molar refractivity (Wildman–Crippen MR) is 77.8 cm³/mol. The summed E-state index contributed by atoms with van der Waals surface area (Å²) < 4.78 is 0. The summed E-state index contributed by atoms with van der Waals surface area (Å²) in [5.74, 6) is 3.76. The van der Waals surface area contributed by atoms with E-state index in [0.29, 0.717) is 0 Å². The van der Waals surface area contributed by atoms with E-state index in [9.17, 15) is 0 Å². The van der Waals surface area contributed by atoms with E-state index in [0.717, 1.165) is 18.0 Å². The molecule has 2 fully saturated rings. The van der Waals surface area contributed by atoms with Crippen LogP contribution in [0.2, 0.25) is 0 Å². The SMILES string of the molecule is CCC1CN(CC2CCSCC2)C(CC)CN1. The maximum atomic E-state index is 3.69. The third-order valence-electron chi connectivity index (χ3n) is 4.41. The molecule has 0 saturated carbocycles. The lowest BCUT2D eigenvalue weighted by Gasteiger charge is -2.42. The molecule has 0 amide bonds. The smallest absolute Gasteiger partial charge is 0.0218 e. The Morgan fingerprint density at radius 1 is 1.18 bits per heavy atom. The van der Waals surface area contributed by atoms with E-state index in [2.05, 4.69) is 35.8 Å². The molecule has 2 saturated heterocycles. The molecule has 3 heteroatoms. The summed E-state index contributed by atoms with van der Waals surface area (Å²) >= 11 is 2.14. The Kier molecular flexibility index (Phi) is 5.64. The van der Waals surface area contributed by atoms with Crippen LogP contribution in [-0.4, -0.2) is 48.1 Å². The fraction of sp³-hybridized carbons (Fsp3) is 1.00. The van der Waals surface area contributed by atoms with Crippen molar-refractivity contribution in [3.8, 4) is 0 Å². The van der Waals surface area contributed by atoms with Gasteiger partial charge in [0, 0.05) is 31.7 Å². The van der Waals surface area contributed by atoms with Gasteiger partial charge in [0.1, 0.15) is 0 Å². The molecule has 0 aromatic rings. The first-order chi connectivity index (χ1) is 8.33. The summed E-state index contributed by atoms with van der Waals surface area (Å²) in [4.78, 5) is 2.78. The van der Waals surface area contributed by atoms with Gasteiger partial charge in [-0.1, -0.05) is 13.8 Å². The Morgan fingerprint density at radius 3 is 2.59 bits per heavy atom. The largest absolute Gasteiger partial charge is 0.311 e. The fourth-order valence-corrected chi connectivity index (χ4v) is 4.29. The van der Waals surface area contributed by atoms with Crippen molar-refractivity contribution < 1.29 is 0 Å². The molecule has 2 atom stereocenters. The molecular formula is C14H28N2S. The van der Waals surface area contributed by atoms with Gasteiger partial charge in [0.25, 0.3) is 0 Å². The van der Waals surface area contributed by atoms with Crippen LogP contribution in [0.5, 0.6) is 0 Å². The molecule has 2 nitrogen and oxygen atoms in total. The van der Waals surface area contributed by atoms with Crippen molar-refractivity contribution in [2.24, 2.45) is 5.92 Å². The Morgan fingerprint density at radius 2 is 1.94 bits per heavy atom. The van der Waals surface area contributed by atoms with E-state index >= 15 is 0 Å². The maximum absolute atomic E-state index is 3.69. The lowest BCUT2D eigenvalue weighted by molar-refractivity contribution is 0.103. The molecule has 0 aromatic heterocycles. The summed E-state index contributed by atoms with van der Waals surface area (Å²) in [6, 6.07) is 1.52. The Bertz CT molecular complexity index is 216. The summed E-state index contributed by atoms with van der Waals surface area (Å²) in [6.45, 7) is 8.48. The number of piperazine rings is 1. The van der Waals surface area contributed by atoms with Gasteiger partial charge in [0.2, 0.25) is 0 Å². The average molecular weight is 256 g/mol. The van der Waals surface area contributed by atoms with E-state index in [1.807, 2.05) is 0 Å². The van der Waals surface area contributed by atoms with Crippen molar-refractivity contribution in [1.29, 1.82) is 0 Å². The monoisotopic (exact) mass is 256 g/mol. The van der Waals surface area contributed by atoms with Crippen molar-refractivity contribution in [1.82, 2.24) is 10.2 Å². The van der Waals surface area contributed by atoms with E-state index in [1.165, 1.54) is 56.8 Å². The average Bonchev–Trinajstić information content (AvgIpc) is 2.40. The summed E-state index contributed by atoms with van der Waals surface area (Å²) in [5, 5.41) is 3.69. The van der Waals surface area contributed by atoms with E-state index in [4.69, 9.17) is 0 Å². The minimum atomic E-state index is 0.732. The Hall–Kier alpha value is 0.270. The van der Waals surface area contributed by atoms with Crippen LogP contribution in [0.4, 0.5) is 0 Å². The van der Waals surface area contributed by atoms with Crippen molar-refractivity contribution >= 4 is 11.8 Å². The topological polar surface area (TPSA) is 15.3 Å². The summed E-state index contributed by atoms with van der Waals surface area (Å²) in [7, 11) is 0. The first-order valence-electron chi connectivity index (χ1n) is 7.38. The van der Waals surface area contributed by atoms with Crippen molar-refractivity contribution in [2.75, 3.05) is 31.1 Å². The summed E-state index contributed by atoms with van der Waals surface area (Å²) in [6.07, 6.45) is 5.46. The van der Waals surface area contributed by atoms with E-state index in [1.54, 1.807) is 0 Å². The molecule has 2 aliphatic rings. The second-order valence-electron chi connectivity index (χ2n) is 5.59. The van der Waals surface area contributed by atoms with Gasteiger partial charge in [-0.3, -0.25) is 4.90 Å². The zero-order chi connectivity index (χ0) is 12.1. The maximum Gasteiger partial charge on any atom is 0.0218 e. The van der Waals surface area contributed by atoms with Crippen molar-refractivity contribution in [3.63, 3.8) is 0 Å². The van der Waals surface area contributed by atoms with Crippen LogP contribution < -0.4 is 5.32 Å². The number of hydrogen-bond donors (Lipinski definition) is 1. The molecule has 0 bridgehead atoms. The predicted octanol–water partition coefficient (Wildman–Crippen LogP) is 2.59. The van der Waals surface area contributed by atoms with Crippen LogP contribution in [0.3, 0.4) is 0 Å². The van der Waals surface area contributed by atoms with Crippen LogP contribution in [0.25, 0.3) is 0 Å². The molecule has 100 valence electrons. The zero-order valence-corrected chi connectivity index (χ0v) is 12.3. The molecule has 0 aromatic carbocycles. The Balaban J connectivity index is 1.85. The minimum Gasteiger partial charge on any atom is -0.311 e. The number of rotatable bonds is 4. The first kappa shape index (κ1) is 13.7.